The molecule has 0 amide bonds. The average Bonchev–Trinajstić information content (AvgIpc) is 3.14. The number of halogens is 2. The molecule has 0 unspecified atom stereocenters. The smallest absolute Gasteiger partial charge is 0.320 e. The van der Waals surface area contributed by atoms with Gasteiger partial charge < -0.3 is 4.57 Å². The molecule has 0 aliphatic heterocycles. The van der Waals surface area contributed by atoms with Gasteiger partial charge in [0.15, 0.2) is 11.2 Å². The van der Waals surface area contributed by atoms with Crippen LogP contribution in [0.4, 0.5) is 8.78 Å². The van der Waals surface area contributed by atoms with E-state index in [9.17, 15) is 18.4 Å². The van der Waals surface area contributed by atoms with Gasteiger partial charge in [-0.05, 0) is 36.8 Å². The molecule has 150 valence electrons. The van der Waals surface area contributed by atoms with Crippen LogP contribution in [0.25, 0.3) is 16.9 Å². The molecule has 0 N–H and O–H groups in total. The third-order valence-corrected chi connectivity index (χ3v) is 4.80. The van der Waals surface area contributed by atoms with Crippen molar-refractivity contribution in [3.8, 4) is 11.8 Å². The highest BCUT2D eigenvalue weighted by Crippen LogP contribution is 2.18. The molecule has 0 bridgehead atoms. The van der Waals surface area contributed by atoms with Crippen LogP contribution in [0.5, 0.6) is 0 Å². The number of benzene rings is 2. The molecular formula is C21H15F2N5O2. The van der Waals surface area contributed by atoms with E-state index in [4.69, 9.17) is 5.26 Å². The first-order chi connectivity index (χ1) is 14.4. The van der Waals surface area contributed by atoms with Crippen LogP contribution in [-0.2, 0) is 13.1 Å². The van der Waals surface area contributed by atoms with E-state index in [1.54, 1.807) is 35.8 Å². The lowest BCUT2D eigenvalue weighted by atomic mass is 10.1. The summed E-state index contributed by atoms with van der Waals surface area (Å²) in [5, 5.41) is 8.93. The summed E-state index contributed by atoms with van der Waals surface area (Å²) in [4.78, 5) is 30.0. The quantitative estimate of drug-likeness (QED) is 0.520. The Labute approximate surface area is 168 Å². The number of imidazole rings is 1. The molecule has 2 aromatic carbocycles. The molecule has 9 heteroatoms. The van der Waals surface area contributed by atoms with Gasteiger partial charge in [0.1, 0.15) is 11.6 Å². The second kappa shape index (κ2) is 7.40. The van der Waals surface area contributed by atoms with Crippen molar-refractivity contribution < 1.29 is 8.78 Å². The lowest BCUT2D eigenvalue weighted by Crippen LogP contribution is -2.39. The number of fused-ring (bicyclic) bond motifs is 1. The number of nitriles is 1. The van der Waals surface area contributed by atoms with Crippen molar-refractivity contribution in [2.24, 2.45) is 0 Å². The van der Waals surface area contributed by atoms with Crippen molar-refractivity contribution >= 4 is 11.2 Å². The van der Waals surface area contributed by atoms with Gasteiger partial charge in [0.05, 0.1) is 23.6 Å². The molecule has 0 aliphatic rings. The van der Waals surface area contributed by atoms with Crippen molar-refractivity contribution in [1.82, 2.24) is 18.7 Å². The van der Waals surface area contributed by atoms with E-state index >= 15 is 0 Å². The lowest BCUT2D eigenvalue weighted by Gasteiger charge is -2.12. The first-order valence-electron chi connectivity index (χ1n) is 9.09. The number of hydrogen-bond donors (Lipinski definition) is 0. The van der Waals surface area contributed by atoms with Gasteiger partial charge in [0.25, 0.3) is 5.56 Å². The standard InChI is InChI=1S/C21H15F2N5O2/c1-2-27-20(29)18-19(28(21(27)30)17-8-7-15(22)9-16(17)23)25-12-26(18)11-14-5-3-13(10-24)4-6-14/h3-9,12H,2,11H2,1H3. The van der Waals surface area contributed by atoms with Crippen LogP contribution in [0.1, 0.15) is 18.1 Å². The highest BCUT2D eigenvalue weighted by atomic mass is 19.1. The minimum atomic E-state index is -0.943. The molecule has 2 heterocycles. The topological polar surface area (TPSA) is 85.6 Å². The Hall–Kier alpha value is -4.06. The molecule has 0 atom stereocenters. The van der Waals surface area contributed by atoms with Crippen LogP contribution in [0, 0.1) is 23.0 Å². The highest BCUT2D eigenvalue weighted by molar-refractivity contribution is 5.72. The van der Waals surface area contributed by atoms with Gasteiger partial charge in [-0.1, -0.05) is 12.1 Å². The molecular weight excluding hydrogens is 392 g/mol. The zero-order valence-electron chi connectivity index (χ0n) is 15.8. The van der Waals surface area contributed by atoms with E-state index in [0.29, 0.717) is 11.6 Å². The maximum Gasteiger partial charge on any atom is 0.337 e. The summed E-state index contributed by atoms with van der Waals surface area (Å²) < 4.78 is 31.3. The SMILES string of the molecule is CCn1c(=O)c2c(ncn2Cc2ccc(C#N)cc2)n(-c2ccc(F)cc2F)c1=O. The van der Waals surface area contributed by atoms with E-state index < -0.39 is 22.9 Å². The van der Waals surface area contributed by atoms with Crippen molar-refractivity contribution in [3.63, 3.8) is 0 Å². The van der Waals surface area contributed by atoms with E-state index in [-0.39, 0.29) is 29.9 Å². The maximum atomic E-state index is 14.5. The molecule has 0 aliphatic carbocycles. The summed E-state index contributed by atoms with van der Waals surface area (Å²) in [5.41, 5.74) is -0.105. The van der Waals surface area contributed by atoms with Crippen LogP contribution >= 0.6 is 0 Å². The van der Waals surface area contributed by atoms with Gasteiger partial charge in [-0.3, -0.25) is 9.36 Å². The Kier molecular flexibility index (Phi) is 4.75. The van der Waals surface area contributed by atoms with Crippen LogP contribution in [-0.4, -0.2) is 18.7 Å². The van der Waals surface area contributed by atoms with Gasteiger partial charge in [-0.25, -0.2) is 23.1 Å². The van der Waals surface area contributed by atoms with Crippen LogP contribution in [0.3, 0.4) is 0 Å². The number of rotatable bonds is 4. The van der Waals surface area contributed by atoms with E-state index in [0.717, 1.165) is 26.8 Å². The monoisotopic (exact) mass is 407 g/mol. The van der Waals surface area contributed by atoms with E-state index in [2.05, 4.69) is 4.98 Å². The van der Waals surface area contributed by atoms with Crippen molar-refractivity contribution in [3.05, 3.63) is 92.4 Å². The Bertz CT molecular complexity index is 1430. The molecule has 0 fully saturated rings. The van der Waals surface area contributed by atoms with E-state index in [1.807, 2.05) is 6.07 Å². The van der Waals surface area contributed by atoms with Crippen molar-refractivity contribution in [1.29, 1.82) is 5.26 Å². The Morgan fingerprint density at radius 3 is 2.47 bits per heavy atom. The maximum absolute atomic E-state index is 14.5. The predicted octanol–water partition coefficient (Wildman–Crippen LogP) is 2.57. The number of nitrogens with zero attached hydrogens (tertiary/aromatic N) is 5. The fourth-order valence-corrected chi connectivity index (χ4v) is 3.34. The summed E-state index contributed by atoms with van der Waals surface area (Å²) in [6.45, 7) is 1.95. The van der Waals surface area contributed by atoms with Gasteiger partial charge in [-0.2, -0.15) is 5.26 Å². The second-order valence-electron chi connectivity index (χ2n) is 6.62. The molecule has 0 saturated heterocycles. The Morgan fingerprint density at radius 2 is 1.83 bits per heavy atom. The van der Waals surface area contributed by atoms with Crippen molar-refractivity contribution in [2.45, 2.75) is 20.0 Å². The summed E-state index contributed by atoms with van der Waals surface area (Å²) in [7, 11) is 0. The minimum absolute atomic E-state index is 0.0196. The Balaban J connectivity index is 1.97. The zero-order valence-corrected chi connectivity index (χ0v) is 15.8. The summed E-state index contributed by atoms with van der Waals surface area (Å²) in [5.74, 6) is -1.72. The zero-order chi connectivity index (χ0) is 21.4. The first kappa shape index (κ1) is 19.3. The van der Waals surface area contributed by atoms with Gasteiger partial charge in [0, 0.05) is 19.2 Å². The summed E-state index contributed by atoms with van der Waals surface area (Å²) >= 11 is 0. The molecule has 0 saturated carbocycles. The predicted molar refractivity (Wildman–Crippen MR) is 105 cm³/mol. The van der Waals surface area contributed by atoms with Crippen LogP contribution in [0.15, 0.2) is 58.4 Å². The first-order valence-corrected chi connectivity index (χ1v) is 9.09. The molecule has 4 rings (SSSR count). The van der Waals surface area contributed by atoms with Crippen LogP contribution < -0.4 is 11.2 Å². The summed E-state index contributed by atoms with van der Waals surface area (Å²) in [6.07, 6.45) is 1.39. The molecule has 7 nitrogen and oxygen atoms in total. The van der Waals surface area contributed by atoms with Crippen LogP contribution in [0.2, 0.25) is 0 Å². The second-order valence-corrected chi connectivity index (χ2v) is 6.62. The fraction of sp³-hybridized carbons (Fsp3) is 0.143. The van der Waals surface area contributed by atoms with Gasteiger partial charge in [0.2, 0.25) is 0 Å². The lowest BCUT2D eigenvalue weighted by molar-refractivity contribution is 0.572. The Morgan fingerprint density at radius 1 is 1.10 bits per heavy atom. The largest absolute Gasteiger partial charge is 0.337 e. The molecule has 0 radical (unpaired) electrons. The van der Waals surface area contributed by atoms with Crippen molar-refractivity contribution in [2.75, 3.05) is 0 Å². The average molecular weight is 407 g/mol. The fourth-order valence-electron chi connectivity index (χ4n) is 3.34. The molecule has 2 aromatic heterocycles. The normalized spacial score (nSPS) is 11.0. The third kappa shape index (κ3) is 3.08. The van der Waals surface area contributed by atoms with Gasteiger partial charge in [-0.15, -0.1) is 0 Å². The number of aromatic nitrogens is 4. The van der Waals surface area contributed by atoms with Gasteiger partial charge >= 0.3 is 5.69 Å². The van der Waals surface area contributed by atoms with E-state index in [1.165, 1.54) is 6.33 Å². The molecule has 4 aromatic rings. The highest BCUT2D eigenvalue weighted by Gasteiger charge is 2.20. The molecule has 0 spiro atoms. The minimum Gasteiger partial charge on any atom is -0.320 e. The summed E-state index contributed by atoms with van der Waals surface area (Å²) in [6, 6.07) is 11.7. The number of hydrogen-bond acceptors (Lipinski definition) is 4. The molecule has 30 heavy (non-hydrogen) atoms. The third-order valence-electron chi connectivity index (χ3n) is 4.80.